The van der Waals surface area contributed by atoms with Crippen LogP contribution in [-0.2, 0) is 10.7 Å². The van der Waals surface area contributed by atoms with Crippen LogP contribution < -0.4 is 0 Å². The van der Waals surface area contributed by atoms with E-state index in [1.54, 1.807) is 0 Å². The first kappa shape index (κ1) is 13.8. The van der Waals surface area contributed by atoms with Crippen LogP contribution in [0.25, 0.3) is 0 Å². The second kappa shape index (κ2) is 4.56. The van der Waals surface area contributed by atoms with Gasteiger partial charge in [0.05, 0.1) is 7.11 Å². The predicted molar refractivity (Wildman–Crippen MR) is 55.1 cm³/mol. The van der Waals surface area contributed by atoms with Crippen LogP contribution in [0.2, 0.25) is 0 Å². The summed E-state index contributed by atoms with van der Waals surface area (Å²) in [7, 11) is 1.21. The third-order valence-electron chi connectivity index (χ3n) is 2.00. The van der Waals surface area contributed by atoms with Crippen LogP contribution in [-0.4, -0.2) is 18.3 Å². The van der Waals surface area contributed by atoms with Crippen molar-refractivity contribution in [3.8, 4) is 0 Å². The minimum Gasteiger partial charge on any atom is -0.486 e. The van der Waals surface area contributed by atoms with E-state index in [0.29, 0.717) is 12.1 Å². The van der Waals surface area contributed by atoms with Gasteiger partial charge in [-0.05, 0) is 18.3 Å². The van der Waals surface area contributed by atoms with Crippen molar-refractivity contribution in [1.82, 2.24) is 0 Å². The fourth-order valence-corrected chi connectivity index (χ4v) is 1.25. The molecule has 1 aromatic carbocycles. The maximum absolute atomic E-state index is 13.0. The molecule has 0 radical (unpaired) electrons. The highest BCUT2D eigenvalue weighted by Crippen LogP contribution is 2.43. The first-order chi connectivity index (χ1) is 7.70. The lowest BCUT2D eigenvalue weighted by Crippen LogP contribution is -2.33. The molecule has 0 fully saturated rings. The van der Waals surface area contributed by atoms with Crippen molar-refractivity contribution in [3.05, 3.63) is 35.4 Å². The number of hydrogen-bond acceptors (Lipinski definition) is 2. The molecule has 0 heterocycles. The van der Waals surface area contributed by atoms with Gasteiger partial charge in [-0.25, -0.2) is 0 Å². The number of alkyl halides is 5. The highest BCUT2D eigenvalue weighted by molar-refractivity contribution is 7.80. The number of hydrogen-bond donors (Lipinski definition) is 0. The monoisotopic (exact) mass is 270 g/mol. The van der Waals surface area contributed by atoms with Crippen LogP contribution in [0.5, 0.6) is 0 Å². The molecule has 1 rings (SSSR count). The maximum atomic E-state index is 13.0. The van der Waals surface area contributed by atoms with Crippen molar-refractivity contribution in [3.63, 3.8) is 0 Å². The fourth-order valence-electron chi connectivity index (χ4n) is 1.12. The Hall–Kier alpha value is -1.24. The molecule has 0 bridgehead atoms. The fraction of sp³-hybridized carbons (Fsp3) is 0.300. The molecule has 7 heteroatoms. The van der Waals surface area contributed by atoms with E-state index in [4.69, 9.17) is 0 Å². The lowest BCUT2D eigenvalue weighted by molar-refractivity contribution is -0.289. The summed E-state index contributed by atoms with van der Waals surface area (Å²) >= 11 is 4.65. The van der Waals surface area contributed by atoms with Gasteiger partial charge < -0.3 is 4.74 Å². The first-order valence-electron chi connectivity index (χ1n) is 4.33. The standard InChI is InChI=1S/C10H7F5OS/c1-16-8(17)6-3-2-4-7(5-6)9(11,12)10(13,14)15/h2-5H,1H3. The van der Waals surface area contributed by atoms with Crippen LogP contribution in [0, 0.1) is 0 Å². The minimum absolute atomic E-state index is 0.00363. The molecule has 0 aliphatic rings. The van der Waals surface area contributed by atoms with Gasteiger partial charge in [-0.3, -0.25) is 0 Å². The Kier molecular flexibility index (Phi) is 3.71. The van der Waals surface area contributed by atoms with Crippen LogP contribution in [0.1, 0.15) is 11.1 Å². The van der Waals surface area contributed by atoms with E-state index >= 15 is 0 Å². The lowest BCUT2D eigenvalue weighted by Gasteiger charge is -2.20. The third kappa shape index (κ3) is 2.71. The van der Waals surface area contributed by atoms with Gasteiger partial charge in [0.2, 0.25) is 0 Å². The van der Waals surface area contributed by atoms with Crippen LogP contribution in [0.15, 0.2) is 24.3 Å². The van der Waals surface area contributed by atoms with Crippen LogP contribution in [0.3, 0.4) is 0 Å². The molecule has 0 atom stereocenters. The van der Waals surface area contributed by atoms with Crippen LogP contribution in [0.4, 0.5) is 22.0 Å². The molecule has 0 N–H and O–H groups in total. The largest absolute Gasteiger partial charge is 0.486 e. The zero-order valence-corrected chi connectivity index (χ0v) is 9.33. The lowest BCUT2D eigenvalue weighted by atomic mass is 10.1. The summed E-state index contributed by atoms with van der Waals surface area (Å²) in [6.45, 7) is 0. The minimum atomic E-state index is -5.64. The van der Waals surface area contributed by atoms with E-state index in [9.17, 15) is 22.0 Å². The van der Waals surface area contributed by atoms with E-state index in [0.717, 1.165) is 6.07 Å². The smallest absolute Gasteiger partial charge is 0.458 e. The van der Waals surface area contributed by atoms with E-state index in [1.165, 1.54) is 13.2 Å². The van der Waals surface area contributed by atoms with E-state index < -0.39 is 17.7 Å². The average Bonchev–Trinajstić information content (AvgIpc) is 2.26. The predicted octanol–water partition coefficient (Wildman–Crippen LogP) is 3.66. The van der Waals surface area contributed by atoms with Crippen molar-refractivity contribution in [2.45, 2.75) is 12.1 Å². The Bertz CT molecular complexity index is 427. The Balaban J connectivity index is 3.21. The number of methoxy groups -OCH3 is 1. The zero-order valence-electron chi connectivity index (χ0n) is 8.52. The molecule has 0 unspecified atom stereocenters. The van der Waals surface area contributed by atoms with Crippen molar-refractivity contribution >= 4 is 17.3 Å². The van der Waals surface area contributed by atoms with Crippen molar-refractivity contribution < 1.29 is 26.7 Å². The molecule has 0 amide bonds. The van der Waals surface area contributed by atoms with Crippen molar-refractivity contribution in [2.75, 3.05) is 7.11 Å². The van der Waals surface area contributed by atoms with Gasteiger partial charge in [0.15, 0.2) is 5.05 Å². The number of benzene rings is 1. The molecule has 0 saturated heterocycles. The summed E-state index contributed by atoms with van der Waals surface area (Å²) < 4.78 is 67.0. The topological polar surface area (TPSA) is 9.23 Å². The summed E-state index contributed by atoms with van der Waals surface area (Å²) in [5.41, 5.74) is -1.16. The highest BCUT2D eigenvalue weighted by Gasteiger charge is 2.58. The summed E-state index contributed by atoms with van der Waals surface area (Å²) in [6.07, 6.45) is -5.64. The number of halogens is 5. The molecule has 0 spiro atoms. The molecule has 0 aromatic heterocycles. The third-order valence-corrected chi connectivity index (χ3v) is 2.40. The van der Waals surface area contributed by atoms with Gasteiger partial charge in [0.25, 0.3) is 0 Å². The maximum Gasteiger partial charge on any atom is 0.458 e. The summed E-state index contributed by atoms with van der Waals surface area (Å²) in [4.78, 5) is 0. The molecule has 0 saturated carbocycles. The summed E-state index contributed by atoms with van der Waals surface area (Å²) in [6, 6.07) is 3.71. The van der Waals surface area contributed by atoms with E-state index in [1.807, 2.05) is 0 Å². The molecule has 0 aliphatic heterocycles. The Morgan fingerprint density at radius 1 is 1.18 bits per heavy atom. The first-order valence-corrected chi connectivity index (χ1v) is 4.74. The molecule has 1 nitrogen and oxygen atoms in total. The van der Waals surface area contributed by atoms with Gasteiger partial charge in [0.1, 0.15) is 0 Å². The van der Waals surface area contributed by atoms with Crippen molar-refractivity contribution in [2.24, 2.45) is 0 Å². The summed E-state index contributed by atoms with van der Waals surface area (Å²) in [5.74, 6) is -4.91. The Morgan fingerprint density at radius 3 is 2.24 bits per heavy atom. The highest BCUT2D eigenvalue weighted by atomic mass is 32.1. The second-order valence-corrected chi connectivity index (χ2v) is 3.52. The Labute approximate surface area is 99.2 Å². The second-order valence-electron chi connectivity index (χ2n) is 3.14. The number of thiocarbonyl (C=S) groups is 1. The Morgan fingerprint density at radius 2 is 1.76 bits per heavy atom. The van der Waals surface area contributed by atoms with Gasteiger partial charge >= 0.3 is 12.1 Å². The molecule has 0 aliphatic carbocycles. The normalized spacial score (nSPS) is 12.4. The van der Waals surface area contributed by atoms with Gasteiger partial charge in [0, 0.05) is 11.1 Å². The molecular weight excluding hydrogens is 263 g/mol. The van der Waals surface area contributed by atoms with E-state index in [2.05, 4.69) is 17.0 Å². The number of rotatable bonds is 2. The van der Waals surface area contributed by atoms with Crippen LogP contribution >= 0.6 is 12.2 Å². The van der Waals surface area contributed by atoms with E-state index in [-0.39, 0.29) is 10.6 Å². The zero-order chi connectivity index (χ0) is 13.3. The molecular formula is C10H7F5OS. The molecule has 1 aromatic rings. The molecule has 17 heavy (non-hydrogen) atoms. The molecule has 94 valence electrons. The quantitative estimate of drug-likeness (QED) is 0.599. The average molecular weight is 270 g/mol. The summed E-state index contributed by atoms with van der Waals surface area (Å²) in [5, 5.41) is -0.148. The number of ether oxygens (including phenoxy) is 1. The van der Waals surface area contributed by atoms with Crippen molar-refractivity contribution in [1.29, 1.82) is 0 Å². The van der Waals surface area contributed by atoms with Gasteiger partial charge in [-0.15, -0.1) is 0 Å². The SMILES string of the molecule is COC(=S)c1cccc(C(F)(F)C(F)(F)F)c1. The van der Waals surface area contributed by atoms with Gasteiger partial charge in [-0.2, -0.15) is 22.0 Å². The van der Waals surface area contributed by atoms with Gasteiger partial charge in [-0.1, -0.05) is 18.2 Å².